The van der Waals surface area contributed by atoms with E-state index in [0.717, 1.165) is 0 Å². The highest BCUT2D eigenvalue weighted by molar-refractivity contribution is 7.99. The van der Waals surface area contributed by atoms with E-state index in [9.17, 15) is 0 Å². The number of fused-ring (bicyclic) bond motifs is 1. The minimum absolute atomic E-state index is 0.260. The van der Waals surface area contributed by atoms with E-state index in [2.05, 4.69) is 31.2 Å². The fourth-order valence-electron chi connectivity index (χ4n) is 2.99. The Morgan fingerprint density at radius 2 is 2.17 bits per heavy atom. The maximum Gasteiger partial charge on any atom is 0.0326 e. The van der Waals surface area contributed by atoms with Crippen molar-refractivity contribution in [2.75, 3.05) is 11.5 Å². The molecule has 2 atom stereocenters. The first-order valence-electron chi connectivity index (χ1n) is 7.24. The van der Waals surface area contributed by atoms with Gasteiger partial charge in [0.2, 0.25) is 0 Å². The molecular formula is C16H25NS. The van der Waals surface area contributed by atoms with Crippen LogP contribution >= 0.6 is 11.8 Å². The van der Waals surface area contributed by atoms with Crippen LogP contribution in [-0.4, -0.2) is 11.5 Å². The quantitative estimate of drug-likeness (QED) is 0.637. The number of hydrogen-bond acceptors (Lipinski definition) is 2. The standard InChI is InChI=1S/C16H25NS/c1-2-18-12-6-10-14-9-5-8-13-7-3-4-11-15(13)16(14)17/h3-4,7,11,14,16H,2,5-6,8-10,12,17H2,1H3. The second kappa shape index (κ2) is 7.20. The Bertz CT molecular complexity index is 364. The number of benzene rings is 1. The van der Waals surface area contributed by atoms with Crippen LogP contribution in [0.3, 0.4) is 0 Å². The molecule has 0 heterocycles. The third-order valence-corrected chi connectivity index (χ3v) is 5.00. The summed E-state index contributed by atoms with van der Waals surface area (Å²) in [6, 6.07) is 9.02. The molecule has 1 aromatic carbocycles. The normalized spacial score (nSPS) is 23.4. The summed E-state index contributed by atoms with van der Waals surface area (Å²) in [5.41, 5.74) is 9.39. The van der Waals surface area contributed by atoms with Crippen molar-refractivity contribution in [2.45, 2.75) is 45.1 Å². The van der Waals surface area contributed by atoms with Gasteiger partial charge >= 0.3 is 0 Å². The lowest BCUT2D eigenvalue weighted by Gasteiger charge is -2.22. The van der Waals surface area contributed by atoms with Crippen LogP contribution < -0.4 is 5.73 Å². The second-order valence-corrected chi connectivity index (χ2v) is 6.61. The van der Waals surface area contributed by atoms with Crippen molar-refractivity contribution in [2.24, 2.45) is 11.7 Å². The van der Waals surface area contributed by atoms with Crippen LogP contribution in [0, 0.1) is 5.92 Å². The molecule has 0 aromatic heterocycles. The fourth-order valence-corrected chi connectivity index (χ4v) is 3.65. The number of aryl methyl sites for hydroxylation is 1. The highest BCUT2D eigenvalue weighted by Crippen LogP contribution is 2.34. The molecule has 0 radical (unpaired) electrons. The van der Waals surface area contributed by atoms with E-state index >= 15 is 0 Å². The number of rotatable bonds is 5. The van der Waals surface area contributed by atoms with Gasteiger partial charge in [0.05, 0.1) is 0 Å². The van der Waals surface area contributed by atoms with E-state index in [1.807, 2.05) is 11.8 Å². The average molecular weight is 263 g/mol. The van der Waals surface area contributed by atoms with Gasteiger partial charge in [-0.05, 0) is 60.7 Å². The van der Waals surface area contributed by atoms with E-state index in [1.54, 1.807) is 0 Å². The molecule has 0 saturated heterocycles. The van der Waals surface area contributed by atoms with Gasteiger partial charge in [0, 0.05) is 6.04 Å². The Morgan fingerprint density at radius 3 is 3.00 bits per heavy atom. The van der Waals surface area contributed by atoms with Gasteiger partial charge in [-0.1, -0.05) is 31.2 Å². The average Bonchev–Trinajstić information content (AvgIpc) is 2.56. The van der Waals surface area contributed by atoms with Crippen molar-refractivity contribution in [1.82, 2.24) is 0 Å². The van der Waals surface area contributed by atoms with E-state index in [1.165, 1.54) is 54.7 Å². The molecule has 2 unspecified atom stereocenters. The molecule has 0 spiro atoms. The van der Waals surface area contributed by atoms with Crippen LogP contribution in [0.25, 0.3) is 0 Å². The molecular weight excluding hydrogens is 238 g/mol. The van der Waals surface area contributed by atoms with Crippen molar-refractivity contribution in [3.8, 4) is 0 Å². The Labute approximate surface area is 116 Å². The highest BCUT2D eigenvalue weighted by atomic mass is 32.2. The van der Waals surface area contributed by atoms with Gasteiger partial charge in [-0.3, -0.25) is 0 Å². The molecule has 2 heteroatoms. The zero-order chi connectivity index (χ0) is 12.8. The molecule has 0 amide bonds. The largest absolute Gasteiger partial charge is 0.324 e. The molecule has 1 aliphatic carbocycles. The van der Waals surface area contributed by atoms with Crippen molar-refractivity contribution < 1.29 is 0 Å². The topological polar surface area (TPSA) is 26.0 Å². The Balaban J connectivity index is 1.97. The molecule has 100 valence electrons. The van der Waals surface area contributed by atoms with Crippen molar-refractivity contribution in [3.05, 3.63) is 35.4 Å². The van der Waals surface area contributed by atoms with E-state index in [-0.39, 0.29) is 6.04 Å². The van der Waals surface area contributed by atoms with Gasteiger partial charge < -0.3 is 5.73 Å². The smallest absolute Gasteiger partial charge is 0.0326 e. The zero-order valence-corrected chi connectivity index (χ0v) is 12.2. The predicted molar refractivity (Wildman–Crippen MR) is 82.0 cm³/mol. The van der Waals surface area contributed by atoms with Gasteiger partial charge in [0.1, 0.15) is 0 Å². The number of hydrogen-bond donors (Lipinski definition) is 1. The summed E-state index contributed by atoms with van der Waals surface area (Å²) in [4.78, 5) is 0. The van der Waals surface area contributed by atoms with Gasteiger partial charge in [0.25, 0.3) is 0 Å². The van der Waals surface area contributed by atoms with Crippen molar-refractivity contribution >= 4 is 11.8 Å². The van der Waals surface area contributed by atoms with Crippen molar-refractivity contribution in [1.29, 1.82) is 0 Å². The molecule has 1 aromatic rings. The summed E-state index contributed by atoms with van der Waals surface area (Å²) >= 11 is 2.05. The third-order valence-electron chi connectivity index (χ3n) is 4.01. The molecule has 0 fully saturated rings. The van der Waals surface area contributed by atoms with Crippen LogP contribution in [0.1, 0.15) is 49.8 Å². The first-order chi connectivity index (χ1) is 8.83. The Hall–Kier alpha value is -0.470. The lowest BCUT2D eigenvalue weighted by molar-refractivity contribution is 0.375. The van der Waals surface area contributed by atoms with Gasteiger partial charge in [-0.2, -0.15) is 11.8 Å². The first-order valence-corrected chi connectivity index (χ1v) is 8.39. The Morgan fingerprint density at radius 1 is 1.33 bits per heavy atom. The fraction of sp³-hybridized carbons (Fsp3) is 0.625. The summed E-state index contributed by atoms with van der Waals surface area (Å²) in [5, 5.41) is 0. The molecule has 2 rings (SSSR count). The minimum Gasteiger partial charge on any atom is -0.324 e. The van der Waals surface area contributed by atoms with Crippen molar-refractivity contribution in [3.63, 3.8) is 0 Å². The molecule has 2 N–H and O–H groups in total. The van der Waals surface area contributed by atoms with Gasteiger partial charge in [-0.25, -0.2) is 0 Å². The molecule has 0 aliphatic heterocycles. The lowest BCUT2D eigenvalue weighted by Crippen LogP contribution is -2.21. The maximum atomic E-state index is 6.50. The van der Waals surface area contributed by atoms with E-state index < -0.39 is 0 Å². The maximum absolute atomic E-state index is 6.50. The minimum atomic E-state index is 0.260. The molecule has 0 bridgehead atoms. The predicted octanol–water partition coefficient (Wildman–Crippen LogP) is 4.17. The lowest BCUT2D eigenvalue weighted by atomic mass is 9.88. The van der Waals surface area contributed by atoms with Crippen LogP contribution in [-0.2, 0) is 6.42 Å². The first kappa shape index (κ1) is 14.0. The highest BCUT2D eigenvalue weighted by Gasteiger charge is 2.23. The molecule has 18 heavy (non-hydrogen) atoms. The SMILES string of the molecule is CCSCCCC1CCCc2ccccc2C1N. The summed E-state index contributed by atoms with van der Waals surface area (Å²) in [7, 11) is 0. The third kappa shape index (κ3) is 3.52. The van der Waals surface area contributed by atoms with Crippen LogP contribution in [0.2, 0.25) is 0 Å². The van der Waals surface area contributed by atoms with Crippen LogP contribution in [0.15, 0.2) is 24.3 Å². The number of thioether (sulfide) groups is 1. The van der Waals surface area contributed by atoms with E-state index in [4.69, 9.17) is 5.73 Å². The van der Waals surface area contributed by atoms with Crippen LogP contribution in [0.4, 0.5) is 0 Å². The van der Waals surface area contributed by atoms with Crippen LogP contribution in [0.5, 0.6) is 0 Å². The Kier molecular flexibility index (Phi) is 5.58. The van der Waals surface area contributed by atoms with Gasteiger partial charge in [-0.15, -0.1) is 0 Å². The summed E-state index contributed by atoms with van der Waals surface area (Å²) in [5.74, 6) is 3.21. The second-order valence-electron chi connectivity index (χ2n) is 5.22. The summed E-state index contributed by atoms with van der Waals surface area (Å²) in [6.07, 6.45) is 6.43. The monoisotopic (exact) mass is 263 g/mol. The number of nitrogens with two attached hydrogens (primary N) is 1. The molecule has 1 nitrogen and oxygen atoms in total. The summed E-state index contributed by atoms with van der Waals surface area (Å²) in [6.45, 7) is 2.23. The molecule has 1 aliphatic rings. The zero-order valence-electron chi connectivity index (χ0n) is 11.4. The molecule has 0 saturated carbocycles. The van der Waals surface area contributed by atoms with Gasteiger partial charge in [0.15, 0.2) is 0 Å². The summed E-state index contributed by atoms with van der Waals surface area (Å²) < 4.78 is 0. The van der Waals surface area contributed by atoms with E-state index in [0.29, 0.717) is 5.92 Å².